The number of aromatic nitrogens is 3. The maximum atomic E-state index is 12.2. The minimum atomic E-state index is -0.343. The van der Waals surface area contributed by atoms with Crippen LogP contribution >= 0.6 is 11.3 Å². The van der Waals surface area contributed by atoms with E-state index in [1.165, 1.54) is 7.11 Å². The van der Waals surface area contributed by atoms with Crippen molar-refractivity contribution in [3.63, 3.8) is 0 Å². The first kappa shape index (κ1) is 13.8. The number of anilines is 1. The summed E-state index contributed by atoms with van der Waals surface area (Å²) in [7, 11) is 1.39. The van der Waals surface area contributed by atoms with Gasteiger partial charge in [0.15, 0.2) is 0 Å². The third-order valence-electron chi connectivity index (χ3n) is 3.58. The molecule has 2 N–H and O–H groups in total. The number of fused-ring (bicyclic) bond motifs is 1. The van der Waals surface area contributed by atoms with Crippen molar-refractivity contribution in [1.82, 2.24) is 15.2 Å². The summed E-state index contributed by atoms with van der Waals surface area (Å²) in [6.45, 7) is 5.72. The zero-order valence-electron chi connectivity index (χ0n) is 12.3. The van der Waals surface area contributed by atoms with Gasteiger partial charge < -0.3 is 10.1 Å². The largest absolute Gasteiger partial charge is 0.466 e. The molecular weight excluding hydrogens is 288 g/mol. The number of H-pyrrole nitrogens is 1. The van der Waals surface area contributed by atoms with Crippen LogP contribution in [-0.2, 0) is 9.53 Å². The molecule has 2 aromatic heterocycles. The lowest BCUT2D eigenvalue weighted by atomic mass is 9.87. The van der Waals surface area contributed by atoms with Crippen LogP contribution < -0.4 is 5.32 Å². The number of thiazole rings is 1. The molecule has 0 radical (unpaired) electrons. The normalized spacial score (nSPS) is 17.4. The van der Waals surface area contributed by atoms with Crippen molar-refractivity contribution in [2.45, 2.75) is 26.7 Å². The van der Waals surface area contributed by atoms with E-state index in [9.17, 15) is 4.79 Å². The highest BCUT2D eigenvalue weighted by atomic mass is 32.1. The molecule has 1 atom stereocenters. The van der Waals surface area contributed by atoms with E-state index in [4.69, 9.17) is 4.74 Å². The number of aryl methyl sites for hydroxylation is 2. The van der Waals surface area contributed by atoms with Crippen LogP contribution in [0.25, 0.3) is 0 Å². The summed E-state index contributed by atoms with van der Waals surface area (Å²) >= 11 is 1.54. The molecular formula is C14H16N4O2S. The van der Waals surface area contributed by atoms with Crippen molar-refractivity contribution in [3.05, 3.63) is 38.6 Å². The fraction of sp³-hybridized carbons (Fsp3) is 0.357. The number of nitrogens with one attached hydrogen (secondary N) is 2. The highest BCUT2D eigenvalue weighted by Crippen LogP contribution is 2.43. The molecule has 2 aromatic rings. The number of rotatable bonds is 2. The fourth-order valence-corrected chi connectivity index (χ4v) is 3.55. The van der Waals surface area contributed by atoms with Gasteiger partial charge in [-0.15, -0.1) is 11.3 Å². The number of carbonyl (C=O) groups excluding carboxylic acids is 1. The summed E-state index contributed by atoms with van der Waals surface area (Å²) in [4.78, 5) is 16.8. The minimum absolute atomic E-state index is 0.244. The second kappa shape index (κ2) is 5.00. The average molecular weight is 304 g/mol. The zero-order valence-corrected chi connectivity index (χ0v) is 13.1. The van der Waals surface area contributed by atoms with Gasteiger partial charge in [-0.05, 0) is 20.8 Å². The molecule has 1 unspecified atom stereocenters. The Hall–Kier alpha value is -2.15. The Morgan fingerprint density at radius 1 is 1.38 bits per heavy atom. The standard InChI is InChI=1S/C14H16N4O2S/c1-6-5-21-13(15-6)11-9-8(3)17-18-12(9)16-7(2)10(11)14(19)20-4/h5,11H,1-4H3,(H2,16,17,18). The van der Waals surface area contributed by atoms with Crippen molar-refractivity contribution >= 4 is 23.1 Å². The molecule has 0 saturated heterocycles. The predicted octanol–water partition coefficient (Wildman–Crippen LogP) is 2.49. The van der Waals surface area contributed by atoms with Crippen LogP contribution in [0, 0.1) is 13.8 Å². The molecule has 0 spiro atoms. The van der Waals surface area contributed by atoms with Crippen molar-refractivity contribution in [1.29, 1.82) is 0 Å². The summed E-state index contributed by atoms with van der Waals surface area (Å²) in [5.74, 6) is 0.228. The lowest BCUT2D eigenvalue weighted by molar-refractivity contribution is -0.136. The van der Waals surface area contributed by atoms with Crippen LogP contribution in [0.4, 0.5) is 5.82 Å². The molecule has 1 aliphatic heterocycles. The van der Waals surface area contributed by atoms with Crippen LogP contribution in [0.2, 0.25) is 0 Å². The number of hydrogen-bond acceptors (Lipinski definition) is 6. The van der Waals surface area contributed by atoms with Crippen LogP contribution in [0.1, 0.15) is 34.8 Å². The van der Waals surface area contributed by atoms with Crippen molar-refractivity contribution < 1.29 is 9.53 Å². The first-order valence-electron chi connectivity index (χ1n) is 6.56. The highest BCUT2D eigenvalue weighted by Gasteiger charge is 2.37. The maximum absolute atomic E-state index is 12.2. The van der Waals surface area contributed by atoms with Gasteiger partial charge in [-0.1, -0.05) is 0 Å². The number of ether oxygens (including phenoxy) is 1. The molecule has 3 heterocycles. The predicted molar refractivity (Wildman–Crippen MR) is 80.4 cm³/mol. The molecule has 0 fully saturated rings. The highest BCUT2D eigenvalue weighted by molar-refractivity contribution is 7.09. The second-order valence-electron chi connectivity index (χ2n) is 5.01. The van der Waals surface area contributed by atoms with Gasteiger partial charge >= 0.3 is 5.97 Å². The number of esters is 1. The van der Waals surface area contributed by atoms with Gasteiger partial charge in [0.2, 0.25) is 0 Å². The fourth-order valence-electron chi connectivity index (χ4n) is 2.64. The average Bonchev–Trinajstić information content (AvgIpc) is 3.03. The molecule has 21 heavy (non-hydrogen) atoms. The summed E-state index contributed by atoms with van der Waals surface area (Å²) in [6.07, 6.45) is 0. The smallest absolute Gasteiger partial charge is 0.336 e. The summed E-state index contributed by atoms with van der Waals surface area (Å²) in [5.41, 5.74) is 4.09. The Bertz CT molecular complexity index is 744. The van der Waals surface area contributed by atoms with Gasteiger partial charge in [0.25, 0.3) is 0 Å². The van der Waals surface area contributed by atoms with Crippen molar-refractivity contribution in [2.24, 2.45) is 0 Å². The lowest BCUT2D eigenvalue weighted by Gasteiger charge is -2.25. The zero-order chi connectivity index (χ0) is 15.1. The second-order valence-corrected chi connectivity index (χ2v) is 5.90. The van der Waals surface area contributed by atoms with Gasteiger partial charge in [-0.3, -0.25) is 5.10 Å². The topological polar surface area (TPSA) is 79.9 Å². The van der Waals surface area contributed by atoms with Crippen molar-refractivity contribution in [2.75, 3.05) is 12.4 Å². The molecule has 0 aromatic carbocycles. The van der Waals surface area contributed by atoms with Gasteiger partial charge in [0.05, 0.1) is 24.3 Å². The monoisotopic (exact) mass is 304 g/mol. The van der Waals surface area contributed by atoms with Crippen LogP contribution in [-0.4, -0.2) is 28.3 Å². The number of allylic oxidation sites excluding steroid dienone is 1. The van der Waals surface area contributed by atoms with E-state index in [0.717, 1.165) is 33.5 Å². The molecule has 0 aliphatic carbocycles. The number of hydrogen-bond donors (Lipinski definition) is 2. The van der Waals surface area contributed by atoms with Crippen LogP contribution in [0.5, 0.6) is 0 Å². The van der Waals surface area contributed by atoms with Crippen LogP contribution in [0.15, 0.2) is 16.7 Å². The summed E-state index contributed by atoms with van der Waals surface area (Å²) in [6, 6.07) is 0. The van der Waals surface area contributed by atoms with Gasteiger partial charge in [-0.2, -0.15) is 5.10 Å². The van der Waals surface area contributed by atoms with E-state index in [0.29, 0.717) is 5.57 Å². The SMILES string of the molecule is COC(=O)C1=C(C)Nc2[nH]nc(C)c2C1c1nc(C)cs1. The number of methoxy groups -OCH3 is 1. The molecule has 110 valence electrons. The molecule has 7 heteroatoms. The van der Waals surface area contributed by atoms with E-state index >= 15 is 0 Å². The van der Waals surface area contributed by atoms with Gasteiger partial charge in [0.1, 0.15) is 10.8 Å². The third-order valence-corrected chi connectivity index (χ3v) is 4.60. The molecule has 6 nitrogen and oxygen atoms in total. The summed E-state index contributed by atoms with van der Waals surface area (Å²) in [5, 5.41) is 13.3. The number of carbonyl (C=O) groups is 1. The van der Waals surface area contributed by atoms with E-state index in [1.54, 1.807) is 11.3 Å². The van der Waals surface area contributed by atoms with E-state index in [1.807, 2.05) is 26.2 Å². The Balaban J connectivity index is 2.22. The molecule has 0 bridgehead atoms. The van der Waals surface area contributed by atoms with Crippen molar-refractivity contribution in [3.8, 4) is 0 Å². The van der Waals surface area contributed by atoms with E-state index in [2.05, 4.69) is 20.5 Å². The maximum Gasteiger partial charge on any atom is 0.336 e. The van der Waals surface area contributed by atoms with Gasteiger partial charge in [0, 0.05) is 22.3 Å². The Kier molecular flexibility index (Phi) is 3.29. The molecule has 0 saturated carbocycles. The minimum Gasteiger partial charge on any atom is -0.466 e. The Labute approximate surface area is 126 Å². The lowest BCUT2D eigenvalue weighted by Crippen LogP contribution is -2.23. The third kappa shape index (κ3) is 2.13. The van der Waals surface area contributed by atoms with E-state index in [-0.39, 0.29) is 11.9 Å². The molecule has 3 rings (SSSR count). The van der Waals surface area contributed by atoms with E-state index < -0.39 is 0 Å². The van der Waals surface area contributed by atoms with Gasteiger partial charge in [-0.25, -0.2) is 9.78 Å². The first-order valence-corrected chi connectivity index (χ1v) is 7.44. The van der Waals surface area contributed by atoms with Crippen LogP contribution in [0.3, 0.4) is 0 Å². The Morgan fingerprint density at radius 3 is 2.76 bits per heavy atom. The number of nitrogens with zero attached hydrogens (tertiary/aromatic N) is 2. The molecule has 1 aliphatic rings. The number of aromatic amines is 1. The quantitative estimate of drug-likeness (QED) is 0.833. The molecule has 0 amide bonds. The first-order chi connectivity index (χ1) is 10.0. The Morgan fingerprint density at radius 2 is 2.14 bits per heavy atom. The summed E-state index contributed by atoms with van der Waals surface area (Å²) < 4.78 is 4.96.